The van der Waals surface area contributed by atoms with Crippen molar-refractivity contribution >= 4 is 28.5 Å². The lowest BCUT2D eigenvalue weighted by molar-refractivity contribution is 0.0693. The zero-order valence-corrected chi connectivity index (χ0v) is 16.5. The fraction of sp³-hybridized carbons (Fsp3) is 0.238. The van der Waals surface area contributed by atoms with Crippen LogP contribution in [0.1, 0.15) is 34.6 Å². The lowest BCUT2D eigenvalue weighted by Gasteiger charge is -2.24. The van der Waals surface area contributed by atoms with E-state index in [0.717, 1.165) is 0 Å². The topological polar surface area (TPSA) is 88.8 Å². The van der Waals surface area contributed by atoms with Gasteiger partial charge < -0.3 is 19.5 Å². The second-order valence-corrected chi connectivity index (χ2v) is 7.04. The molecule has 2 N–H and O–H groups in total. The number of aliphatic hydroxyl groups excluding tert-OH is 1. The number of hydrogen-bond acceptors (Lipinski definition) is 4. The molecule has 0 radical (unpaired) electrons. The Morgan fingerprint density at radius 3 is 2.66 bits per heavy atom. The van der Waals surface area contributed by atoms with E-state index < -0.39 is 28.8 Å². The quantitative estimate of drug-likeness (QED) is 0.636. The van der Waals surface area contributed by atoms with E-state index in [2.05, 4.69) is 0 Å². The molecule has 1 atom stereocenters. The molecule has 1 heterocycles. The van der Waals surface area contributed by atoms with Gasteiger partial charge in [-0.25, -0.2) is 9.18 Å². The highest BCUT2D eigenvalue weighted by Gasteiger charge is 2.25. The van der Waals surface area contributed by atoms with Crippen LogP contribution >= 0.6 is 11.6 Å². The molecule has 29 heavy (non-hydrogen) atoms. The lowest BCUT2D eigenvalue weighted by atomic mass is 9.99. The van der Waals surface area contributed by atoms with Crippen molar-refractivity contribution in [1.82, 2.24) is 4.57 Å². The van der Waals surface area contributed by atoms with Gasteiger partial charge in [-0.2, -0.15) is 0 Å². The molecule has 8 heteroatoms. The van der Waals surface area contributed by atoms with E-state index in [1.165, 1.54) is 25.3 Å². The van der Waals surface area contributed by atoms with Gasteiger partial charge in [0.1, 0.15) is 17.1 Å². The van der Waals surface area contributed by atoms with Gasteiger partial charge in [0.05, 0.1) is 30.3 Å². The van der Waals surface area contributed by atoms with Gasteiger partial charge in [-0.05, 0) is 30.7 Å². The third-order valence-electron chi connectivity index (χ3n) is 4.82. The van der Waals surface area contributed by atoms with E-state index >= 15 is 0 Å². The second kappa shape index (κ2) is 8.23. The number of methoxy groups -OCH3 is 1. The molecule has 3 aromatic rings. The highest BCUT2D eigenvalue weighted by molar-refractivity contribution is 6.30. The largest absolute Gasteiger partial charge is 0.497 e. The predicted octanol–water partition coefficient (Wildman–Crippen LogP) is 3.64. The molecule has 3 rings (SSSR count). The van der Waals surface area contributed by atoms with Crippen LogP contribution in [0.25, 0.3) is 10.9 Å². The minimum atomic E-state index is -1.43. The van der Waals surface area contributed by atoms with Crippen LogP contribution in [0.3, 0.4) is 0 Å². The normalized spacial score (nSPS) is 12.2. The maximum atomic E-state index is 14.5. The molecule has 1 aromatic heterocycles. The van der Waals surface area contributed by atoms with E-state index in [1.54, 1.807) is 29.7 Å². The van der Waals surface area contributed by atoms with Crippen LogP contribution in [0.2, 0.25) is 5.02 Å². The number of fused-ring (bicyclic) bond motifs is 1. The third kappa shape index (κ3) is 3.71. The average molecular weight is 420 g/mol. The predicted molar refractivity (Wildman–Crippen MR) is 108 cm³/mol. The summed E-state index contributed by atoms with van der Waals surface area (Å²) in [7, 11) is 1.47. The van der Waals surface area contributed by atoms with Gasteiger partial charge >= 0.3 is 5.97 Å². The van der Waals surface area contributed by atoms with E-state index in [4.69, 9.17) is 16.3 Å². The standard InChI is InChI=1S/C21H19ClFNO5/c1-11(10-25)24-16-9-13(29-2)6-7-14(16)20(26)18(21(27)28)17(24)8-12-4-3-5-15(22)19(12)23/h3-7,9,11,25H,8,10H2,1-2H3,(H,27,28). The van der Waals surface area contributed by atoms with Crippen LogP contribution in [-0.4, -0.2) is 34.5 Å². The number of benzene rings is 2. The molecule has 0 saturated heterocycles. The van der Waals surface area contributed by atoms with Crippen LogP contribution in [0.4, 0.5) is 4.39 Å². The van der Waals surface area contributed by atoms with E-state index in [0.29, 0.717) is 11.3 Å². The summed E-state index contributed by atoms with van der Waals surface area (Å²) in [5, 5.41) is 19.6. The summed E-state index contributed by atoms with van der Waals surface area (Å²) in [5.41, 5.74) is -0.554. The number of nitrogens with zero attached hydrogens (tertiary/aromatic N) is 1. The fourth-order valence-electron chi connectivity index (χ4n) is 3.41. The minimum absolute atomic E-state index is 0.0750. The maximum absolute atomic E-state index is 14.5. The summed E-state index contributed by atoms with van der Waals surface area (Å²) in [4.78, 5) is 25.0. The Kier molecular flexibility index (Phi) is 5.91. The molecule has 6 nitrogen and oxygen atoms in total. The van der Waals surface area contributed by atoms with E-state index in [-0.39, 0.29) is 34.7 Å². The Morgan fingerprint density at radius 2 is 2.03 bits per heavy atom. The molecule has 152 valence electrons. The number of aromatic nitrogens is 1. The van der Waals surface area contributed by atoms with Crippen molar-refractivity contribution in [2.75, 3.05) is 13.7 Å². The summed E-state index contributed by atoms with van der Waals surface area (Å²) in [6, 6.07) is 8.44. The summed E-state index contributed by atoms with van der Waals surface area (Å²) < 4.78 is 21.3. The highest BCUT2D eigenvalue weighted by Crippen LogP contribution is 2.28. The number of aromatic carboxylic acids is 1. The summed E-state index contributed by atoms with van der Waals surface area (Å²) >= 11 is 5.86. The van der Waals surface area contributed by atoms with Crippen molar-refractivity contribution < 1.29 is 24.1 Å². The monoisotopic (exact) mass is 419 g/mol. The van der Waals surface area contributed by atoms with Gasteiger partial charge in [-0.3, -0.25) is 4.79 Å². The summed E-state index contributed by atoms with van der Waals surface area (Å²) in [5.74, 6) is -1.66. The number of carbonyl (C=O) groups is 1. The Bertz CT molecular complexity index is 1160. The molecular formula is C21H19ClFNO5. The van der Waals surface area contributed by atoms with Crippen LogP contribution in [0.15, 0.2) is 41.2 Å². The zero-order chi connectivity index (χ0) is 21.3. The van der Waals surface area contributed by atoms with Gasteiger partial charge in [0.2, 0.25) is 5.43 Å². The highest BCUT2D eigenvalue weighted by atomic mass is 35.5. The Morgan fingerprint density at radius 1 is 1.31 bits per heavy atom. The van der Waals surface area contributed by atoms with Crippen LogP contribution in [-0.2, 0) is 6.42 Å². The smallest absolute Gasteiger partial charge is 0.341 e. The molecule has 0 aliphatic rings. The van der Waals surface area contributed by atoms with Gasteiger partial charge in [-0.15, -0.1) is 0 Å². The molecule has 0 bridgehead atoms. The van der Waals surface area contributed by atoms with E-state index in [9.17, 15) is 24.2 Å². The van der Waals surface area contributed by atoms with Crippen LogP contribution in [0, 0.1) is 5.82 Å². The number of aliphatic hydroxyl groups is 1. The average Bonchev–Trinajstić information content (AvgIpc) is 2.70. The number of rotatable bonds is 6. The minimum Gasteiger partial charge on any atom is -0.497 e. The SMILES string of the molecule is COc1ccc2c(=O)c(C(=O)O)c(Cc3cccc(Cl)c3F)n(C(C)CO)c2c1. The van der Waals surface area contributed by atoms with Crippen molar-refractivity contribution in [1.29, 1.82) is 0 Å². The lowest BCUT2D eigenvalue weighted by Crippen LogP contribution is -2.27. The molecule has 0 spiro atoms. The molecule has 0 aliphatic carbocycles. The molecule has 0 fully saturated rings. The first-order chi connectivity index (χ1) is 13.8. The maximum Gasteiger partial charge on any atom is 0.341 e. The van der Waals surface area contributed by atoms with Gasteiger partial charge in [0, 0.05) is 23.6 Å². The number of carboxylic acid groups (broad SMARTS) is 1. The fourth-order valence-corrected chi connectivity index (χ4v) is 3.60. The number of hydrogen-bond donors (Lipinski definition) is 2. The van der Waals surface area contributed by atoms with Gasteiger partial charge in [-0.1, -0.05) is 23.7 Å². The zero-order valence-electron chi connectivity index (χ0n) is 15.8. The van der Waals surface area contributed by atoms with Gasteiger partial charge in [0.15, 0.2) is 0 Å². The number of pyridine rings is 1. The van der Waals surface area contributed by atoms with Crippen molar-refractivity contribution in [3.8, 4) is 5.75 Å². The van der Waals surface area contributed by atoms with Crippen LogP contribution < -0.4 is 10.2 Å². The molecule has 0 saturated carbocycles. The first-order valence-corrected chi connectivity index (χ1v) is 9.20. The number of ether oxygens (including phenoxy) is 1. The molecular weight excluding hydrogens is 401 g/mol. The van der Waals surface area contributed by atoms with E-state index in [1.807, 2.05) is 0 Å². The Labute approximate surface area is 170 Å². The third-order valence-corrected chi connectivity index (χ3v) is 5.12. The van der Waals surface area contributed by atoms with Crippen molar-refractivity contribution in [3.63, 3.8) is 0 Å². The Balaban J connectivity index is 2.44. The molecule has 2 aromatic carbocycles. The number of halogens is 2. The van der Waals surface area contributed by atoms with Crippen molar-refractivity contribution in [3.05, 3.63) is 74.3 Å². The van der Waals surface area contributed by atoms with Crippen molar-refractivity contribution in [2.45, 2.75) is 19.4 Å². The first kappa shape index (κ1) is 20.8. The summed E-state index contributed by atoms with van der Waals surface area (Å²) in [6.45, 7) is 1.35. The van der Waals surface area contributed by atoms with Crippen molar-refractivity contribution in [2.24, 2.45) is 0 Å². The molecule has 1 unspecified atom stereocenters. The summed E-state index contributed by atoms with van der Waals surface area (Å²) in [6.07, 6.45) is -0.194. The first-order valence-electron chi connectivity index (χ1n) is 8.82. The number of carboxylic acids is 1. The molecule has 0 amide bonds. The Hall–Kier alpha value is -2.90. The van der Waals surface area contributed by atoms with Crippen LogP contribution in [0.5, 0.6) is 5.75 Å². The van der Waals surface area contributed by atoms with Gasteiger partial charge in [0.25, 0.3) is 0 Å². The molecule has 0 aliphatic heterocycles. The second-order valence-electron chi connectivity index (χ2n) is 6.63.